The molecule has 0 amide bonds. The maximum atomic E-state index is 11.2. The number of benzene rings is 1. The van der Waals surface area contributed by atoms with E-state index < -0.39 is 0 Å². The first kappa shape index (κ1) is 12.4. The van der Waals surface area contributed by atoms with Crippen molar-refractivity contribution in [2.45, 2.75) is 25.2 Å². The van der Waals surface area contributed by atoms with E-state index in [0.717, 1.165) is 22.2 Å². The molecule has 1 fully saturated rings. The number of thiazole rings is 1. The summed E-state index contributed by atoms with van der Waals surface area (Å²) in [6, 6.07) is 8.57. The molecule has 0 aliphatic heterocycles. The van der Waals surface area contributed by atoms with Gasteiger partial charge in [0, 0.05) is 10.9 Å². The largest absolute Gasteiger partial charge is 0.469 e. The van der Waals surface area contributed by atoms with Crippen LogP contribution in [0.4, 0.5) is 0 Å². The predicted octanol–water partition coefficient (Wildman–Crippen LogP) is 3.40. The summed E-state index contributed by atoms with van der Waals surface area (Å²) in [6.45, 7) is 0. The molecule has 3 nitrogen and oxygen atoms in total. The van der Waals surface area contributed by atoms with Gasteiger partial charge in [-0.15, -0.1) is 11.3 Å². The summed E-state index contributed by atoms with van der Waals surface area (Å²) in [5, 5.41) is 2.90. The molecule has 3 rings (SSSR count). The molecular formula is C15H15NO2S. The highest BCUT2D eigenvalue weighted by Gasteiger charge is 2.23. The zero-order valence-corrected chi connectivity index (χ0v) is 11.6. The van der Waals surface area contributed by atoms with E-state index in [-0.39, 0.29) is 12.4 Å². The Labute approximate surface area is 116 Å². The van der Waals surface area contributed by atoms with Gasteiger partial charge in [-0.2, -0.15) is 0 Å². The third-order valence-electron chi connectivity index (χ3n) is 3.29. The van der Waals surface area contributed by atoms with Crippen LogP contribution in [0.15, 0.2) is 29.6 Å². The van der Waals surface area contributed by atoms with Crippen LogP contribution >= 0.6 is 11.3 Å². The molecule has 1 aliphatic carbocycles. The zero-order chi connectivity index (χ0) is 13.2. The first-order chi connectivity index (χ1) is 9.26. The minimum atomic E-state index is -0.247. The second-order valence-electron chi connectivity index (χ2n) is 4.80. The Kier molecular flexibility index (Phi) is 3.34. The summed E-state index contributed by atoms with van der Waals surface area (Å²) < 4.78 is 4.65. The van der Waals surface area contributed by atoms with Gasteiger partial charge in [0.2, 0.25) is 0 Å². The maximum absolute atomic E-state index is 11.2. The highest BCUT2D eigenvalue weighted by Crippen LogP contribution is 2.41. The van der Waals surface area contributed by atoms with Crippen LogP contribution in [-0.4, -0.2) is 18.1 Å². The lowest BCUT2D eigenvalue weighted by Gasteiger charge is -2.01. The van der Waals surface area contributed by atoms with E-state index >= 15 is 0 Å². The molecule has 0 atom stereocenters. The Bertz CT molecular complexity index is 602. The van der Waals surface area contributed by atoms with Crippen LogP contribution in [0.25, 0.3) is 10.6 Å². The van der Waals surface area contributed by atoms with Crippen LogP contribution in [0.2, 0.25) is 0 Å². The van der Waals surface area contributed by atoms with Gasteiger partial charge in [-0.25, -0.2) is 4.98 Å². The van der Waals surface area contributed by atoms with Crippen LogP contribution in [0, 0.1) is 0 Å². The third-order valence-corrected chi connectivity index (χ3v) is 4.23. The smallest absolute Gasteiger partial charge is 0.311 e. The molecule has 1 saturated carbocycles. The quantitative estimate of drug-likeness (QED) is 0.801. The molecule has 1 aliphatic rings. The molecular weight excluding hydrogens is 258 g/mol. The molecule has 1 heterocycles. The maximum Gasteiger partial charge on any atom is 0.311 e. The molecule has 1 aromatic carbocycles. The standard InChI is InChI=1S/C15H15NO2S/c1-18-14(17)8-13-9-19-15(16-13)12-4-2-3-11(7-12)10-5-6-10/h2-4,7,9-10H,5-6,8H2,1H3. The fourth-order valence-corrected chi connectivity index (χ4v) is 2.90. The van der Waals surface area contributed by atoms with E-state index in [4.69, 9.17) is 0 Å². The predicted molar refractivity (Wildman–Crippen MR) is 75.2 cm³/mol. The number of nitrogens with zero attached hydrogens (tertiary/aromatic N) is 1. The lowest BCUT2D eigenvalue weighted by molar-refractivity contribution is -0.139. The number of carbonyl (C=O) groups is 1. The van der Waals surface area contributed by atoms with E-state index in [1.165, 1.54) is 25.5 Å². The van der Waals surface area contributed by atoms with Crippen molar-refractivity contribution in [2.24, 2.45) is 0 Å². The van der Waals surface area contributed by atoms with E-state index in [1.807, 2.05) is 5.38 Å². The zero-order valence-electron chi connectivity index (χ0n) is 10.8. The van der Waals surface area contributed by atoms with E-state index in [1.54, 1.807) is 11.3 Å². The average molecular weight is 273 g/mol. The molecule has 0 saturated heterocycles. The number of carbonyl (C=O) groups excluding carboxylic acids is 1. The number of hydrogen-bond donors (Lipinski definition) is 0. The molecule has 0 bridgehead atoms. The minimum absolute atomic E-state index is 0.245. The Balaban J connectivity index is 1.81. The Hall–Kier alpha value is -1.68. The number of hydrogen-bond acceptors (Lipinski definition) is 4. The van der Waals surface area contributed by atoms with Crippen molar-refractivity contribution in [3.05, 3.63) is 40.9 Å². The normalized spacial score (nSPS) is 14.4. The van der Waals surface area contributed by atoms with Crippen molar-refractivity contribution < 1.29 is 9.53 Å². The summed E-state index contributed by atoms with van der Waals surface area (Å²) >= 11 is 1.58. The number of esters is 1. The number of aromatic nitrogens is 1. The number of ether oxygens (including phenoxy) is 1. The molecule has 1 aromatic heterocycles. The van der Waals surface area contributed by atoms with Crippen LogP contribution in [0.3, 0.4) is 0 Å². The molecule has 0 N–H and O–H groups in total. The fraction of sp³-hybridized carbons (Fsp3) is 0.333. The summed E-state index contributed by atoms with van der Waals surface area (Å²) in [7, 11) is 1.40. The van der Waals surface area contributed by atoms with Gasteiger partial charge in [-0.1, -0.05) is 18.2 Å². The summed E-state index contributed by atoms with van der Waals surface area (Å²) in [6.07, 6.45) is 2.85. The van der Waals surface area contributed by atoms with Gasteiger partial charge < -0.3 is 4.74 Å². The second-order valence-corrected chi connectivity index (χ2v) is 5.65. The van der Waals surface area contributed by atoms with Crippen LogP contribution in [0.1, 0.15) is 30.0 Å². The summed E-state index contributed by atoms with van der Waals surface area (Å²) in [5.74, 6) is 0.498. The van der Waals surface area contributed by atoms with Crippen molar-refractivity contribution in [3.63, 3.8) is 0 Å². The molecule has 19 heavy (non-hydrogen) atoms. The Morgan fingerprint density at radius 1 is 1.47 bits per heavy atom. The monoisotopic (exact) mass is 273 g/mol. The highest BCUT2D eigenvalue weighted by atomic mass is 32.1. The van der Waals surface area contributed by atoms with Gasteiger partial charge in [-0.05, 0) is 30.4 Å². The summed E-state index contributed by atoms with van der Waals surface area (Å²) in [4.78, 5) is 15.7. The summed E-state index contributed by atoms with van der Waals surface area (Å²) in [5.41, 5.74) is 3.33. The van der Waals surface area contributed by atoms with E-state index in [9.17, 15) is 4.79 Å². The molecule has 4 heteroatoms. The molecule has 2 aromatic rings. The molecule has 0 unspecified atom stereocenters. The lowest BCUT2D eigenvalue weighted by Crippen LogP contribution is -2.04. The van der Waals surface area contributed by atoms with Gasteiger partial charge in [-0.3, -0.25) is 4.79 Å². The average Bonchev–Trinajstić information content (AvgIpc) is 3.19. The highest BCUT2D eigenvalue weighted by molar-refractivity contribution is 7.13. The SMILES string of the molecule is COC(=O)Cc1csc(-c2cccc(C3CC3)c2)n1. The van der Waals surface area contributed by atoms with Crippen molar-refractivity contribution in [1.29, 1.82) is 0 Å². The molecule has 98 valence electrons. The van der Waals surface area contributed by atoms with Gasteiger partial charge in [0.05, 0.1) is 19.2 Å². The lowest BCUT2D eigenvalue weighted by atomic mass is 10.1. The molecule has 0 spiro atoms. The van der Waals surface area contributed by atoms with Crippen molar-refractivity contribution >= 4 is 17.3 Å². The van der Waals surface area contributed by atoms with Gasteiger partial charge in [0.1, 0.15) is 5.01 Å². The van der Waals surface area contributed by atoms with Gasteiger partial charge >= 0.3 is 5.97 Å². The van der Waals surface area contributed by atoms with Crippen molar-refractivity contribution in [2.75, 3.05) is 7.11 Å². The van der Waals surface area contributed by atoms with Crippen LogP contribution < -0.4 is 0 Å². The van der Waals surface area contributed by atoms with Gasteiger partial charge in [0.15, 0.2) is 0 Å². The van der Waals surface area contributed by atoms with Crippen molar-refractivity contribution in [3.8, 4) is 10.6 Å². The fourth-order valence-electron chi connectivity index (χ4n) is 2.08. The number of methoxy groups -OCH3 is 1. The molecule has 0 radical (unpaired) electrons. The topological polar surface area (TPSA) is 39.2 Å². The third kappa shape index (κ3) is 2.84. The first-order valence-electron chi connectivity index (χ1n) is 6.38. The Morgan fingerprint density at radius 3 is 3.05 bits per heavy atom. The van der Waals surface area contributed by atoms with Crippen LogP contribution in [-0.2, 0) is 16.0 Å². The van der Waals surface area contributed by atoms with Crippen LogP contribution in [0.5, 0.6) is 0 Å². The first-order valence-corrected chi connectivity index (χ1v) is 7.26. The van der Waals surface area contributed by atoms with Gasteiger partial charge in [0.25, 0.3) is 0 Å². The van der Waals surface area contributed by atoms with E-state index in [2.05, 4.69) is 34.0 Å². The minimum Gasteiger partial charge on any atom is -0.469 e. The second kappa shape index (κ2) is 5.13. The van der Waals surface area contributed by atoms with Crippen molar-refractivity contribution in [1.82, 2.24) is 4.98 Å². The Morgan fingerprint density at radius 2 is 2.32 bits per heavy atom. The van der Waals surface area contributed by atoms with E-state index in [0.29, 0.717) is 0 Å². The number of rotatable bonds is 4.